The normalized spacial score (nSPS) is 9.86. The van der Waals surface area contributed by atoms with Crippen LogP contribution in [0.4, 0.5) is 0 Å². The number of hydrogen-bond acceptors (Lipinski definition) is 8. The minimum absolute atomic E-state index is 0.0234. The van der Waals surface area contributed by atoms with Gasteiger partial charge in [-0.2, -0.15) is 0 Å². The van der Waals surface area contributed by atoms with Crippen LogP contribution >= 0.6 is 0 Å². The Balaban J connectivity index is 2.27. The smallest absolute Gasteiger partial charge is 0.349 e. The number of para-hydroxylation sites is 1. The number of esters is 1. The first kappa shape index (κ1) is 14.5. The predicted molar refractivity (Wildman–Crippen MR) is 70.9 cm³/mol. The van der Waals surface area contributed by atoms with Gasteiger partial charge >= 0.3 is 24.0 Å². The zero-order chi connectivity index (χ0) is 15.2. The second-order valence-electron chi connectivity index (χ2n) is 3.68. The average molecular weight is 291 g/mol. The summed E-state index contributed by atoms with van der Waals surface area (Å²) < 4.78 is 19.9. The summed E-state index contributed by atoms with van der Waals surface area (Å²) in [5.41, 5.74) is 0.248. The molecule has 0 aliphatic carbocycles. The SMILES string of the molecule is COc1nc(OC)nc(OC(=O)c2ccccc2OC)n1. The molecule has 0 radical (unpaired) electrons. The van der Waals surface area contributed by atoms with Crippen molar-refractivity contribution in [3.63, 3.8) is 0 Å². The maximum Gasteiger partial charge on any atom is 0.349 e. The fraction of sp³-hybridized carbons (Fsp3) is 0.231. The van der Waals surface area contributed by atoms with Crippen LogP contribution in [0.1, 0.15) is 10.4 Å². The van der Waals surface area contributed by atoms with E-state index in [1.165, 1.54) is 21.3 Å². The molecule has 0 spiro atoms. The predicted octanol–water partition coefficient (Wildman–Crippen LogP) is 1.12. The molecule has 0 bridgehead atoms. The van der Waals surface area contributed by atoms with Crippen LogP contribution in [0, 0.1) is 0 Å². The first-order valence-corrected chi connectivity index (χ1v) is 5.87. The molecule has 110 valence electrons. The molecule has 0 N–H and O–H groups in total. The summed E-state index contributed by atoms with van der Waals surface area (Å²) in [5, 5.41) is 0. The van der Waals surface area contributed by atoms with Gasteiger partial charge in [0.2, 0.25) is 0 Å². The highest BCUT2D eigenvalue weighted by atomic mass is 16.6. The van der Waals surface area contributed by atoms with Crippen LogP contribution in [0.15, 0.2) is 24.3 Å². The number of nitrogens with zero attached hydrogens (tertiary/aromatic N) is 3. The third-order valence-corrected chi connectivity index (χ3v) is 2.45. The maximum absolute atomic E-state index is 12.1. The molecule has 0 aliphatic rings. The van der Waals surface area contributed by atoms with Crippen LogP contribution in [0.5, 0.6) is 23.8 Å². The average Bonchev–Trinajstić information content (AvgIpc) is 2.54. The summed E-state index contributed by atoms with van der Waals surface area (Å²) in [4.78, 5) is 23.5. The Hall–Kier alpha value is -2.90. The van der Waals surface area contributed by atoms with E-state index in [0.717, 1.165) is 0 Å². The summed E-state index contributed by atoms with van der Waals surface area (Å²) in [6.07, 6.45) is 0. The summed E-state index contributed by atoms with van der Waals surface area (Å²) in [5.74, 6) is -0.279. The van der Waals surface area contributed by atoms with Crippen LogP contribution in [0.3, 0.4) is 0 Å². The second kappa shape index (κ2) is 6.51. The minimum atomic E-state index is -0.664. The van der Waals surface area contributed by atoms with Crippen molar-refractivity contribution in [2.45, 2.75) is 0 Å². The highest BCUT2D eigenvalue weighted by molar-refractivity contribution is 5.93. The minimum Gasteiger partial charge on any atom is -0.496 e. The molecule has 2 rings (SSSR count). The first-order chi connectivity index (χ1) is 10.2. The number of methoxy groups -OCH3 is 3. The summed E-state index contributed by atoms with van der Waals surface area (Å²) >= 11 is 0. The van der Waals surface area contributed by atoms with Crippen molar-refractivity contribution < 1.29 is 23.7 Å². The van der Waals surface area contributed by atoms with E-state index in [4.69, 9.17) is 18.9 Å². The van der Waals surface area contributed by atoms with E-state index in [0.29, 0.717) is 5.75 Å². The fourth-order valence-electron chi connectivity index (χ4n) is 1.50. The summed E-state index contributed by atoms with van der Waals surface area (Å²) in [6.45, 7) is 0. The number of carbonyl (C=O) groups is 1. The molecule has 8 heteroatoms. The second-order valence-corrected chi connectivity index (χ2v) is 3.68. The first-order valence-electron chi connectivity index (χ1n) is 5.87. The van der Waals surface area contributed by atoms with Crippen LogP contribution in [-0.4, -0.2) is 42.3 Å². The van der Waals surface area contributed by atoms with Gasteiger partial charge in [-0.1, -0.05) is 12.1 Å². The van der Waals surface area contributed by atoms with E-state index >= 15 is 0 Å². The summed E-state index contributed by atoms with van der Waals surface area (Å²) in [6, 6.07) is 6.37. The molecular formula is C13H13N3O5. The standard InChI is InChI=1S/C13H13N3O5/c1-18-9-7-5-4-6-8(9)10(17)21-13-15-11(19-2)14-12(16-13)20-3/h4-7H,1-3H3. The zero-order valence-corrected chi connectivity index (χ0v) is 11.7. The molecule has 8 nitrogen and oxygen atoms in total. The number of rotatable bonds is 5. The molecule has 2 aromatic rings. The lowest BCUT2D eigenvalue weighted by atomic mass is 10.2. The van der Waals surface area contributed by atoms with Crippen molar-refractivity contribution in [1.82, 2.24) is 15.0 Å². The van der Waals surface area contributed by atoms with E-state index in [-0.39, 0.29) is 23.6 Å². The topological polar surface area (TPSA) is 92.7 Å². The Bertz CT molecular complexity index is 625. The molecule has 1 aromatic heterocycles. The Morgan fingerprint density at radius 2 is 1.43 bits per heavy atom. The van der Waals surface area contributed by atoms with Gasteiger partial charge in [0.15, 0.2) is 0 Å². The number of carbonyl (C=O) groups excluding carboxylic acids is 1. The van der Waals surface area contributed by atoms with Gasteiger partial charge in [-0.3, -0.25) is 0 Å². The highest BCUT2D eigenvalue weighted by Crippen LogP contribution is 2.20. The molecule has 0 unspecified atom stereocenters. The van der Waals surface area contributed by atoms with Crippen molar-refractivity contribution in [1.29, 1.82) is 0 Å². The monoisotopic (exact) mass is 291 g/mol. The largest absolute Gasteiger partial charge is 0.496 e. The van der Waals surface area contributed by atoms with Gasteiger partial charge in [-0.05, 0) is 12.1 Å². The fourth-order valence-corrected chi connectivity index (χ4v) is 1.50. The van der Waals surface area contributed by atoms with Gasteiger partial charge in [-0.25, -0.2) is 4.79 Å². The van der Waals surface area contributed by atoms with Crippen molar-refractivity contribution in [2.24, 2.45) is 0 Å². The third-order valence-electron chi connectivity index (χ3n) is 2.45. The molecule has 1 aromatic carbocycles. The van der Waals surface area contributed by atoms with Crippen molar-refractivity contribution in [3.8, 4) is 23.8 Å². The van der Waals surface area contributed by atoms with Crippen molar-refractivity contribution >= 4 is 5.97 Å². The number of ether oxygens (including phenoxy) is 4. The molecule has 0 saturated heterocycles. The maximum atomic E-state index is 12.1. The Morgan fingerprint density at radius 1 is 0.857 bits per heavy atom. The van der Waals surface area contributed by atoms with Crippen molar-refractivity contribution in [3.05, 3.63) is 29.8 Å². The Labute approximate surface area is 120 Å². The van der Waals surface area contributed by atoms with Gasteiger partial charge in [0.05, 0.1) is 21.3 Å². The molecule has 0 amide bonds. The van der Waals surface area contributed by atoms with E-state index in [2.05, 4.69) is 15.0 Å². The van der Waals surface area contributed by atoms with E-state index in [1.54, 1.807) is 24.3 Å². The van der Waals surface area contributed by atoms with Crippen LogP contribution in [-0.2, 0) is 0 Å². The van der Waals surface area contributed by atoms with E-state index < -0.39 is 5.97 Å². The number of hydrogen-bond donors (Lipinski definition) is 0. The zero-order valence-electron chi connectivity index (χ0n) is 11.7. The molecule has 0 saturated carbocycles. The number of benzene rings is 1. The van der Waals surface area contributed by atoms with E-state index in [9.17, 15) is 4.79 Å². The van der Waals surface area contributed by atoms with Crippen LogP contribution in [0.2, 0.25) is 0 Å². The lowest BCUT2D eigenvalue weighted by Gasteiger charge is -2.08. The van der Waals surface area contributed by atoms with Gasteiger partial charge < -0.3 is 18.9 Å². The number of aromatic nitrogens is 3. The highest BCUT2D eigenvalue weighted by Gasteiger charge is 2.17. The van der Waals surface area contributed by atoms with Gasteiger partial charge in [-0.15, -0.1) is 15.0 Å². The molecule has 1 heterocycles. The van der Waals surface area contributed by atoms with Gasteiger partial charge in [0, 0.05) is 0 Å². The lowest BCUT2D eigenvalue weighted by Crippen LogP contribution is -2.13. The molecule has 0 atom stereocenters. The molecular weight excluding hydrogens is 278 g/mol. The quantitative estimate of drug-likeness (QED) is 0.756. The summed E-state index contributed by atoms with van der Waals surface area (Å²) in [7, 11) is 4.21. The molecule has 0 aliphatic heterocycles. The lowest BCUT2D eigenvalue weighted by molar-refractivity contribution is 0.0712. The van der Waals surface area contributed by atoms with Gasteiger partial charge in [0.1, 0.15) is 11.3 Å². The molecule has 21 heavy (non-hydrogen) atoms. The van der Waals surface area contributed by atoms with Gasteiger partial charge in [0.25, 0.3) is 0 Å². The Kier molecular flexibility index (Phi) is 4.50. The van der Waals surface area contributed by atoms with Crippen molar-refractivity contribution in [2.75, 3.05) is 21.3 Å². The van der Waals surface area contributed by atoms with Crippen LogP contribution < -0.4 is 18.9 Å². The van der Waals surface area contributed by atoms with E-state index in [1.807, 2.05) is 0 Å². The third kappa shape index (κ3) is 3.35. The van der Waals surface area contributed by atoms with Crippen LogP contribution in [0.25, 0.3) is 0 Å². The molecule has 0 fully saturated rings. The Morgan fingerprint density at radius 3 is 2.00 bits per heavy atom.